The van der Waals surface area contributed by atoms with Crippen LogP contribution < -0.4 is 11.1 Å². The van der Waals surface area contributed by atoms with Crippen molar-refractivity contribution in [3.05, 3.63) is 46.4 Å². The van der Waals surface area contributed by atoms with Gasteiger partial charge in [0.25, 0.3) is 0 Å². The van der Waals surface area contributed by atoms with Gasteiger partial charge in [0, 0.05) is 22.3 Å². The number of nitrogens with two attached hydrogens (primary N) is 1. The van der Waals surface area contributed by atoms with Crippen LogP contribution in [0, 0.1) is 5.82 Å². The first kappa shape index (κ1) is 11.0. The third-order valence-electron chi connectivity index (χ3n) is 2.05. The third kappa shape index (κ3) is 2.37. The monoisotopic (exact) mass is 252 g/mol. The van der Waals surface area contributed by atoms with Crippen LogP contribution in [0.2, 0.25) is 0 Å². The van der Waals surface area contributed by atoms with Crippen molar-refractivity contribution in [2.45, 2.75) is 0 Å². The van der Waals surface area contributed by atoms with Crippen LogP contribution in [0.1, 0.15) is 5.56 Å². The lowest BCUT2D eigenvalue weighted by atomic mass is 10.1. The summed E-state index contributed by atoms with van der Waals surface area (Å²) in [5.74, 6) is -0.348. The van der Waals surface area contributed by atoms with E-state index in [9.17, 15) is 4.39 Å². The molecule has 0 amide bonds. The molecule has 0 saturated carbocycles. The molecule has 3 N–H and O–H groups in total. The number of hydrogen-bond acceptors (Lipinski definition) is 3. The lowest BCUT2D eigenvalue weighted by Crippen LogP contribution is -2.12. The highest BCUT2D eigenvalue weighted by Crippen LogP contribution is 2.23. The molecule has 0 aliphatic carbocycles. The maximum atomic E-state index is 13.0. The minimum atomic E-state index is -0.348. The van der Waals surface area contributed by atoms with E-state index in [-0.39, 0.29) is 10.8 Å². The molecule has 16 heavy (non-hydrogen) atoms. The Balaban J connectivity index is 2.36. The van der Waals surface area contributed by atoms with E-state index < -0.39 is 0 Å². The summed E-state index contributed by atoms with van der Waals surface area (Å²) < 4.78 is 13.0. The molecule has 0 fully saturated rings. The smallest absolute Gasteiger partial charge is 0.124 e. The molecule has 1 aromatic heterocycles. The van der Waals surface area contributed by atoms with Crippen molar-refractivity contribution in [2.24, 2.45) is 5.73 Å². The summed E-state index contributed by atoms with van der Waals surface area (Å²) in [6.45, 7) is 0. The van der Waals surface area contributed by atoms with Gasteiger partial charge in [0.1, 0.15) is 10.8 Å². The average Bonchev–Trinajstić information content (AvgIpc) is 2.73. The zero-order valence-electron chi connectivity index (χ0n) is 8.24. The second-order valence-electron chi connectivity index (χ2n) is 3.19. The van der Waals surface area contributed by atoms with Gasteiger partial charge in [-0.1, -0.05) is 12.2 Å². The van der Waals surface area contributed by atoms with E-state index in [4.69, 9.17) is 18.0 Å². The van der Waals surface area contributed by atoms with E-state index in [0.29, 0.717) is 11.3 Å². The maximum Gasteiger partial charge on any atom is 0.124 e. The van der Waals surface area contributed by atoms with Gasteiger partial charge < -0.3 is 11.1 Å². The Kier molecular flexibility index (Phi) is 3.17. The molecule has 0 saturated heterocycles. The summed E-state index contributed by atoms with van der Waals surface area (Å²) in [6.07, 6.45) is 0. The van der Waals surface area contributed by atoms with Crippen molar-refractivity contribution in [3.63, 3.8) is 0 Å². The minimum absolute atomic E-state index is 0.178. The largest absolute Gasteiger partial charge is 0.389 e. The summed E-state index contributed by atoms with van der Waals surface area (Å²) in [5, 5.41) is 7.04. The molecule has 2 rings (SSSR count). The van der Waals surface area contributed by atoms with Crippen LogP contribution in [0.5, 0.6) is 0 Å². The van der Waals surface area contributed by atoms with Gasteiger partial charge in [-0.2, -0.15) is 11.3 Å². The number of nitrogens with one attached hydrogen (secondary N) is 1. The Morgan fingerprint density at radius 1 is 1.38 bits per heavy atom. The number of rotatable bonds is 3. The van der Waals surface area contributed by atoms with Crippen LogP contribution in [0.4, 0.5) is 15.8 Å². The first-order valence-electron chi connectivity index (χ1n) is 4.55. The number of halogens is 1. The Morgan fingerprint density at radius 2 is 2.19 bits per heavy atom. The molecule has 0 spiro atoms. The molecule has 0 aliphatic heterocycles. The summed E-state index contributed by atoms with van der Waals surface area (Å²) >= 11 is 6.45. The van der Waals surface area contributed by atoms with Gasteiger partial charge in [0.2, 0.25) is 0 Å². The highest BCUT2D eigenvalue weighted by Gasteiger charge is 2.07. The molecule has 0 bridgehead atoms. The Labute approximate surface area is 102 Å². The Hall–Kier alpha value is -1.46. The second kappa shape index (κ2) is 4.59. The first-order chi connectivity index (χ1) is 7.66. The predicted octanol–water partition coefficient (Wildman–Crippen LogP) is 3.27. The second-order valence-corrected chi connectivity index (χ2v) is 4.41. The van der Waals surface area contributed by atoms with E-state index in [1.807, 2.05) is 16.8 Å². The number of benzene rings is 1. The fourth-order valence-corrected chi connectivity index (χ4v) is 2.08. The quantitative estimate of drug-likeness (QED) is 0.823. The van der Waals surface area contributed by atoms with Crippen LogP contribution in [0.15, 0.2) is 35.0 Å². The Bertz CT molecular complexity index is 509. The van der Waals surface area contributed by atoms with Crippen LogP contribution in [-0.4, -0.2) is 4.99 Å². The molecular weight excluding hydrogens is 243 g/mol. The zero-order chi connectivity index (χ0) is 11.5. The van der Waals surface area contributed by atoms with Gasteiger partial charge in [-0.3, -0.25) is 0 Å². The van der Waals surface area contributed by atoms with Gasteiger partial charge in [0.15, 0.2) is 0 Å². The Morgan fingerprint density at radius 3 is 2.81 bits per heavy atom. The van der Waals surface area contributed by atoms with Crippen molar-refractivity contribution >= 4 is 39.9 Å². The number of thiophene rings is 1. The fourth-order valence-electron chi connectivity index (χ4n) is 1.32. The molecule has 5 heteroatoms. The van der Waals surface area contributed by atoms with Gasteiger partial charge >= 0.3 is 0 Å². The highest BCUT2D eigenvalue weighted by atomic mass is 32.1. The van der Waals surface area contributed by atoms with Crippen LogP contribution in [-0.2, 0) is 0 Å². The van der Waals surface area contributed by atoms with Crippen molar-refractivity contribution in [3.8, 4) is 0 Å². The van der Waals surface area contributed by atoms with Crippen molar-refractivity contribution in [2.75, 3.05) is 5.32 Å². The number of thiocarbonyl (C=S) groups is 1. The fraction of sp³-hybridized carbons (Fsp3) is 0. The third-order valence-corrected chi connectivity index (χ3v) is 2.95. The molecular formula is C11H9FN2S2. The SMILES string of the molecule is NC(=S)c1cc(F)ccc1Nc1ccsc1. The molecule has 0 aliphatic rings. The van der Waals surface area contributed by atoms with Crippen LogP contribution >= 0.6 is 23.6 Å². The molecule has 2 aromatic rings. The molecule has 0 radical (unpaired) electrons. The zero-order valence-corrected chi connectivity index (χ0v) is 9.87. The molecule has 1 heterocycles. The van der Waals surface area contributed by atoms with Gasteiger partial charge in [-0.25, -0.2) is 4.39 Å². The van der Waals surface area contributed by atoms with E-state index in [0.717, 1.165) is 5.69 Å². The minimum Gasteiger partial charge on any atom is -0.389 e. The number of anilines is 2. The van der Waals surface area contributed by atoms with Gasteiger partial charge in [-0.05, 0) is 29.6 Å². The number of hydrogen-bond donors (Lipinski definition) is 2. The van der Waals surface area contributed by atoms with E-state index in [1.165, 1.54) is 12.1 Å². The van der Waals surface area contributed by atoms with Gasteiger partial charge in [0.05, 0.1) is 0 Å². The highest BCUT2D eigenvalue weighted by molar-refractivity contribution is 7.80. The van der Waals surface area contributed by atoms with E-state index >= 15 is 0 Å². The van der Waals surface area contributed by atoms with Crippen LogP contribution in [0.3, 0.4) is 0 Å². The van der Waals surface area contributed by atoms with Crippen LogP contribution in [0.25, 0.3) is 0 Å². The van der Waals surface area contributed by atoms with Crippen molar-refractivity contribution < 1.29 is 4.39 Å². The standard InChI is InChI=1S/C11H9FN2S2/c12-7-1-2-10(9(5-7)11(13)15)14-8-3-4-16-6-8/h1-6,14H,(H2,13,15). The van der Waals surface area contributed by atoms with E-state index in [1.54, 1.807) is 17.4 Å². The summed E-state index contributed by atoms with van der Waals surface area (Å²) in [7, 11) is 0. The normalized spacial score (nSPS) is 10.1. The van der Waals surface area contributed by atoms with E-state index in [2.05, 4.69) is 5.32 Å². The molecule has 82 valence electrons. The summed E-state index contributed by atoms with van der Waals surface area (Å²) in [5.41, 5.74) is 7.71. The first-order valence-corrected chi connectivity index (χ1v) is 5.90. The van der Waals surface area contributed by atoms with Crippen molar-refractivity contribution in [1.82, 2.24) is 0 Å². The molecule has 1 aromatic carbocycles. The summed E-state index contributed by atoms with van der Waals surface area (Å²) in [4.78, 5) is 0.178. The molecule has 0 atom stereocenters. The maximum absolute atomic E-state index is 13.0. The lowest BCUT2D eigenvalue weighted by molar-refractivity contribution is 0.628. The topological polar surface area (TPSA) is 38.0 Å². The molecule has 2 nitrogen and oxygen atoms in total. The lowest BCUT2D eigenvalue weighted by Gasteiger charge is -2.09. The average molecular weight is 252 g/mol. The van der Waals surface area contributed by atoms with Gasteiger partial charge in [-0.15, -0.1) is 0 Å². The molecule has 0 unspecified atom stereocenters. The predicted molar refractivity (Wildman–Crippen MR) is 69.9 cm³/mol. The van der Waals surface area contributed by atoms with Crippen molar-refractivity contribution in [1.29, 1.82) is 0 Å². The summed E-state index contributed by atoms with van der Waals surface area (Å²) in [6, 6.07) is 6.26.